The molecule has 3 nitrogen and oxygen atoms in total. The first-order valence-electron chi connectivity index (χ1n) is 9.72. The van der Waals surface area contributed by atoms with Crippen LogP contribution in [0.5, 0.6) is 0 Å². The summed E-state index contributed by atoms with van der Waals surface area (Å²) in [4.78, 5) is 23.3. The number of ketones is 1. The molecule has 0 radical (unpaired) electrons. The first-order chi connectivity index (χ1) is 12.1. The van der Waals surface area contributed by atoms with Crippen LogP contribution in [-0.4, -0.2) is 16.9 Å². The summed E-state index contributed by atoms with van der Waals surface area (Å²) in [7, 11) is 0. The summed E-state index contributed by atoms with van der Waals surface area (Å²) in [5, 5.41) is 8.89. The zero-order valence-corrected chi connectivity index (χ0v) is 15.4. The van der Waals surface area contributed by atoms with Crippen molar-refractivity contribution in [2.24, 2.45) is 0 Å². The average molecular weight is 342 g/mol. The van der Waals surface area contributed by atoms with E-state index in [2.05, 4.69) is 13.0 Å². The van der Waals surface area contributed by atoms with Crippen LogP contribution in [0.4, 0.5) is 0 Å². The smallest absolute Gasteiger partial charge is 0.328 e. The highest BCUT2D eigenvalue weighted by molar-refractivity contribution is 6.12. The van der Waals surface area contributed by atoms with E-state index in [0.29, 0.717) is 17.6 Å². The number of hydrogen-bond donors (Lipinski definition) is 1. The van der Waals surface area contributed by atoms with E-state index in [4.69, 9.17) is 5.11 Å². The molecule has 2 rings (SSSR count). The number of fused-ring (bicyclic) bond motifs is 1. The van der Waals surface area contributed by atoms with Gasteiger partial charge >= 0.3 is 5.97 Å². The molecule has 0 bridgehead atoms. The monoisotopic (exact) mass is 342 g/mol. The van der Waals surface area contributed by atoms with Crippen LogP contribution in [0.15, 0.2) is 29.8 Å². The van der Waals surface area contributed by atoms with Crippen LogP contribution in [0.3, 0.4) is 0 Å². The zero-order chi connectivity index (χ0) is 18.1. The van der Waals surface area contributed by atoms with E-state index in [1.807, 2.05) is 12.1 Å². The summed E-state index contributed by atoms with van der Waals surface area (Å²) >= 11 is 0. The molecular weight excluding hydrogens is 312 g/mol. The van der Waals surface area contributed by atoms with Crippen molar-refractivity contribution in [3.63, 3.8) is 0 Å². The topological polar surface area (TPSA) is 54.4 Å². The molecule has 0 heterocycles. The lowest BCUT2D eigenvalue weighted by molar-refractivity contribution is -0.131. The van der Waals surface area contributed by atoms with Crippen molar-refractivity contribution in [1.82, 2.24) is 0 Å². The quantitative estimate of drug-likeness (QED) is 0.450. The molecule has 0 fully saturated rings. The number of Topliss-reactive ketones (excluding diaryl/α,β-unsaturated/α-hetero) is 1. The Kier molecular flexibility index (Phi) is 7.90. The molecule has 0 aromatic heterocycles. The van der Waals surface area contributed by atoms with Crippen LogP contribution in [0.2, 0.25) is 0 Å². The highest BCUT2D eigenvalue weighted by Crippen LogP contribution is 2.26. The number of unbranched alkanes of at least 4 members (excludes halogenated alkanes) is 7. The maximum Gasteiger partial charge on any atom is 0.328 e. The first-order valence-corrected chi connectivity index (χ1v) is 9.72. The molecule has 1 N–H and O–H groups in total. The Morgan fingerprint density at radius 1 is 1.04 bits per heavy atom. The minimum absolute atomic E-state index is 0.110. The van der Waals surface area contributed by atoms with Crippen LogP contribution in [0.1, 0.15) is 86.2 Å². The average Bonchev–Trinajstić information content (AvgIpc) is 2.60. The number of carbonyl (C=O) groups excluding carboxylic acids is 1. The van der Waals surface area contributed by atoms with Gasteiger partial charge in [0.2, 0.25) is 0 Å². The molecule has 136 valence electrons. The first kappa shape index (κ1) is 19.4. The molecule has 25 heavy (non-hydrogen) atoms. The van der Waals surface area contributed by atoms with Crippen molar-refractivity contribution in [2.75, 3.05) is 0 Å². The number of carboxylic acid groups (broad SMARTS) is 1. The van der Waals surface area contributed by atoms with Gasteiger partial charge < -0.3 is 5.11 Å². The van der Waals surface area contributed by atoms with Crippen molar-refractivity contribution in [3.05, 3.63) is 46.5 Å². The van der Waals surface area contributed by atoms with E-state index in [1.54, 1.807) is 0 Å². The van der Waals surface area contributed by atoms with Crippen LogP contribution in [-0.2, 0) is 17.6 Å². The van der Waals surface area contributed by atoms with E-state index >= 15 is 0 Å². The van der Waals surface area contributed by atoms with Gasteiger partial charge in [-0.05, 0) is 42.9 Å². The number of rotatable bonds is 10. The van der Waals surface area contributed by atoms with Crippen molar-refractivity contribution < 1.29 is 14.7 Å². The van der Waals surface area contributed by atoms with Crippen molar-refractivity contribution >= 4 is 11.8 Å². The van der Waals surface area contributed by atoms with E-state index in [0.717, 1.165) is 30.9 Å². The van der Waals surface area contributed by atoms with Crippen LogP contribution in [0, 0.1) is 0 Å². The number of aryl methyl sites for hydroxylation is 2. The number of hydrogen-bond acceptors (Lipinski definition) is 2. The van der Waals surface area contributed by atoms with Gasteiger partial charge in [0.15, 0.2) is 5.78 Å². The second-order valence-electron chi connectivity index (χ2n) is 7.05. The molecule has 1 aromatic carbocycles. The van der Waals surface area contributed by atoms with E-state index in [9.17, 15) is 9.59 Å². The lowest BCUT2D eigenvalue weighted by Gasteiger charge is -2.18. The molecule has 1 aromatic rings. The Morgan fingerprint density at radius 3 is 2.40 bits per heavy atom. The van der Waals surface area contributed by atoms with Crippen LogP contribution in [0.25, 0.3) is 0 Å². The molecule has 1 aliphatic carbocycles. The summed E-state index contributed by atoms with van der Waals surface area (Å²) in [6.07, 6.45) is 13.7. The van der Waals surface area contributed by atoms with Crippen molar-refractivity contribution in [2.45, 2.75) is 77.6 Å². The third kappa shape index (κ3) is 6.15. The normalized spacial score (nSPS) is 15.4. The van der Waals surface area contributed by atoms with Gasteiger partial charge in [-0.3, -0.25) is 4.79 Å². The summed E-state index contributed by atoms with van der Waals surface area (Å²) in [5.74, 6) is -1.15. The summed E-state index contributed by atoms with van der Waals surface area (Å²) in [6, 6.07) is 6.15. The highest BCUT2D eigenvalue weighted by atomic mass is 16.4. The maximum absolute atomic E-state index is 12.5. The number of allylic oxidation sites excluding steroid dienone is 1. The van der Waals surface area contributed by atoms with E-state index in [1.165, 1.54) is 50.5 Å². The minimum Gasteiger partial charge on any atom is -0.478 e. The number of carbonyl (C=O) groups is 2. The number of aliphatic carboxylic acids is 1. The van der Waals surface area contributed by atoms with Crippen LogP contribution < -0.4 is 0 Å². The summed E-state index contributed by atoms with van der Waals surface area (Å²) in [5.41, 5.74) is 3.36. The van der Waals surface area contributed by atoms with E-state index < -0.39 is 5.97 Å². The van der Waals surface area contributed by atoms with Gasteiger partial charge in [0.1, 0.15) is 0 Å². The van der Waals surface area contributed by atoms with Gasteiger partial charge in [-0.15, -0.1) is 0 Å². The van der Waals surface area contributed by atoms with E-state index in [-0.39, 0.29) is 5.78 Å². The minimum atomic E-state index is -1.04. The largest absolute Gasteiger partial charge is 0.478 e. The molecule has 3 heteroatoms. The Labute approximate surface area is 151 Å². The van der Waals surface area contributed by atoms with Gasteiger partial charge in [-0.1, -0.05) is 64.0 Å². The lowest BCUT2D eigenvalue weighted by atomic mass is 9.85. The Balaban J connectivity index is 1.83. The maximum atomic E-state index is 12.5. The third-order valence-electron chi connectivity index (χ3n) is 4.99. The standard InChI is InChI=1S/C22H30O3/c1-2-3-4-5-6-7-8-9-10-17-11-12-18-13-14-19(16-21(23)24)22(25)20(18)15-17/h11-12,15-16H,2-10,13-14H2,1H3,(H,23,24)/b19-16-. The predicted octanol–water partition coefficient (Wildman–Crippen LogP) is 5.51. The fourth-order valence-corrected chi connectivity index (χ4v) is 3.51. The van der Waals surface area contributed by atoms with Gasteiger partial charge in [-0.2, -0.15) is 0 Å². The molecule has 0 atom stereocenters. The van der Waals surface area contributed by atoms with Gasteiger partial charge in [-0.25, -0.2) is 4.79 Å². The Bertz CT molecular complexity index is 628. The van der Waals surface area contributed by atoms with Crippen LogP contribution >= 0.6 is 0 Å². The molecule has 1 aliphatic rings. The van der Waals surface area contributed by atoms with Crippen molar-refractivity contribution in [1.29, 1.82) is 0 Å². The Hall–Kier alpha value is -1.90. The third-order valence-corrected chi connectivity index (χ3v) is 4.99. The lowest BCUT2D eigenvalue weighted by Crippen LogP contribution is -2.15. The predicted molar refractivity (Wildman–Crippen MR) is 101 cm³/mol. The number of carboxylic acids is 1. The fraction of sp³-hybridized carbons (Fsp3) is 0.545. The second-order valence-corrected chi connectivity index (χ2v) is 7.05. The molecule has 0 spiro atoms. The molecule has 0 saturated carbocycles. The Morgan fingerprint density at radius 2 is 1.72 bits per heavy atom. The second kappa shape index (κ2) is 10.2. The highest BCUT2D eigenvalue weighted by Gasteiger charge is 2.22. The van der Waals surface area contributed by atoms with Gasteiger partial charge in [0.05, 0.1) is 0 Å². The van der Waals surface area contributed by atoms with Gasteiger partial charge in [0.25, 0.3) is 0 Å². The SMILES string of the molecule is CCCCCCCCCCc1ccc2c(c1)C(=O)/C(=C\C(=O)O)CC2. The molecule has 0 amide bonds. The molecule has 0 unspecified atom stereocenters. The zero-order valence-electron chi connectivity index (χ0n) is 15.4. The molecule has 0 aliphatic heterocycles. The number of benzene rings is 1. The fourth-order valence-electron chi connectivity index (χ4n) is 3.51. The molecular formula is C22H30O3. The summed E-state index contributed by atoms with van der Waals surface area (Å²) in [6.45, 7) is 2.24. The summed E-state index contributed by atoms with van der Waals surface area (Å²) < 4.78 is 0. The van der Waals surface area contributed by atoms with Gasteiger partial charge in [0, 0.05) is 17.2 Å². The molecule has 0 saturated heterocycles. The van der Waals surface area contributed by atoms with Crippen molar-refractivity contribution in [3.8, 4) is 0 Å².